The van der Waals surface area contributed by atoms with E-state index in [1.807, 2.05) is 13.8 Å². The van der Waals surface area contributed by atoms with Gasteiger partial charge in [0, 0.05) is 0 Å². The zero-order chi connectivity index (χ0) is 16.9. The first-order valence-electron chi connectivity index (χ1n) is 8.49. The van der Waals surface area contributed by atoms with Crippen LogP contribution in [0.15, 0.2) is 0 Å². The zero-order valence-corrected chi connectivity index (χ0v) is 16.7. The summed E-state index contributed by atoms with van der Waals surface area (Å²) in [6.07, 6.45) is 0.0953. The number of ether oxygens (including phenoxy) is 3. The van der Waals surface area contributed by atoms with Crippen molar-refractivity contribution in [1.29, 1.82) is 0 Å². The van der Waals surface area contributed by atoms with Crippen LogP contribution in [0, 0.1) is 5.92 Å². The molecule has 2 aliphatic heterocycles. The molecular weight excluding hydrogens is 296 g/mol. The highest BCUT2D eigenvalue weighted by molar-refractivity contribution is 6.74. The minimum Gasteiger partial charge on any atom is -0.408 e. The van der Waals surface area contributed by atoms with Gasteiger partial charge in [0.2, 0.25) is 0 Å². The van der Waals surface area contributed by atoms with E-state index in [4.69, 9.17) is 18.6 Å². The van der Waals surface area contributed by atoms with Crippen molar-refractivity contribution < 1.29 is 18.6 Å². The molecule has 2 fully saturated rings. The first-order valence-corrected chi connectivity index (χ1v) is 11.4. The third-order valence-corrected chi connectivity index (χ3v) is 9.58. The molecule has 0 aromatic heterocycles. The maximum Gasteiger partial charge on any atom is 0.192 e. The predicted molar refractivity (Wildman–Crippen MR) is 90.5 cm³/mol. The van der Waals surface area contributed by atoms with Crippen LogP contribution < -0.4 is 0 Å². The van der Waals surface area contributed by atoms with Gasteiger partial charge in [-0.2, -0.15) is 0 Å². The highest BCUT2D eigenvalue weighted by Gasteiger charge is 2.54. The summed E-state index contributed by atoms with van der Waals surface area (Å²) in [4.78, 5) is 0. The number of epoxide rings is 1. The Bertz CT molecular complexity index is 382. The van der Waals surface area contributed by atoms with Crippen molar-refractivity contribution in [3.63, 3.8) is 0 Å². The van der Waals surface area contributed by atoms with E-state index in [1.54, 1.807) is 0 Å². The average molecular weight is 331 g/mol. The van der Waals surface area contributed by atoms with Gasteiger partial charge >= 0.3 is 0 Å². The number of hydrogen-bond acceptors (Lipinski definition) is 4. The van der Waals surface area contributed by atoms with Gasteiger partial charge in [0.1, 0.15) is 18.3 Å². The van der Waals surface area contributed by atoms with Crippen LogP contribution in [-0.2, 0) is 18.6 Å². The van der Waals surface area contributed by atoms with Gasteiger partial charge in [0.25, 0.3) is 0 Å². The van der Waals surface area contributed by atoms with Crippen LogP contribution in [0.1, 0.15) is 48.5 Å². The summed E-state index contributed by atoms with van der Waals surface area (Å²) in [7, 11) is -1.90. The summed E-state index contributed by atoms with van der Waals surface area (Å²) in [6.45, 7) is 20.5. The lowest BCUT2D eigenvalue weighted by Gasteiger charge is -2.50. The summed E-state index contributed by atoms with van der Waals surface area (Å²) >= 11 is 0. The lowest BCUT2D eigenvalue weighted by molar-refractivity contribution is -0.338. The number of hydrogen-bond donors (Lipinski definition) is 0. The number of rotatable bonds is 4. The summed E-state index contributed by atoms with van der Waals surface area (Å²) in [6, 6.07) is 0. The van der Waals surface area contributed by atoms with Gasteiger partial charge in [-0.1, -0.05) is 34.6 Å². The van der Waals surface area contributed by atoms with Gasteiger partial charge in [-0.3, -0.25) is 0 Å². The van der Waals surface area contributed by atoms with E-state index in [0.717, 1.165) is 6.61 Å². The Labute approximate surface area is 137 Å². The van der Waals surface area contributed by atoms with E-state index in [9.17, 15) is 0 Å². The molecule has 0 radical (unpaired) electrons. The van der Waals surface area contributed by atoms with E-state index in [2.05, 4.69) is 47.7 Å². The molecule has 0 spiro atoms. The quantitative estimate of drug-likeness (QED) is 0.578. The average Bonchev–Trinajstić information content (AvgIpc) is 3.12. The van der Waals surface area contributed by atoms with Crippen LogP contribution in [-0.4, -0.2) is 45.1 Å². The standard InChI is InChI=1S/C17H34O4Si/c1-11(2)13-15(21-22(8,9)16(3,4)5)14(12-10-18-12)20-17(6,7)19-13/h11-15H,10H2,1-9H3/t12-,13-,14+,15-/m1/s1. The van der Waals surface area contributed by atoms with Gasteiger partial charge in [-0.15, -0.1) is 0 Å². The molecule has 130 valence electrons. The fraction of sp³-hybridized carbons (Fsp3) is 1.00. The zero-order valence-electron chi connectivity index (χ0n) is 15.7. The van der Waals surface area contributed by atoms with E-state index in [-0.39, 0.29) is 29.5 Å². The molecule has 2 heterocycles. The maximum atomic E-state index is 6.73. The topological polar surface area (TPSA) is 40.2 Å². The van der Waals surface area contributed by atoms with Crippen molar-refractivity contribution in [2.45, 2.75) is 96.8 Å². The van der Waals surface area contributed by atoms with Crippen LogP contribution in [0.5, 0.6) is 0 Å². The van der Waals surface area contributed by atoms with E-state index < -0.39 is 14.1 Å². The summed E-state index contributed by atoms with van der Waals surface area (Å²) < 4.78 is 24.7. The third-order valence-electron chi connectivity index (χ3n) is 5.11. The molecular formula is C17H34O4Si. The van der Waals surface area contributed by atoms with Crippen LogP contribution in [0.4, 0.5) is 0 Å². The molecule has 4 atom stereocenters. The molecule has 0 aromatic carbocycles. The summed E-state index contributed by atoms with van der Waals surface area (Å²) in [5, 5.41) is 0.163. The fourth-order valence-corrected chi connectivity index (χ4v) is 4.01. The third kappa shape index (κ3) is 3.93. The van der Waals surface area contributed by atoms with Crippen molar-refractivity contribution in [1.82, 2.24) is 0 Å². The maximum absolute atomic E-state index is 6.73. The molecule has 2 saturated heterocycles. The largest absolute Gasteiger partial charge is 0.408 e. The lowest BCUT2D eigenvalue weighted by atomic mass is 9.94. The molecule has 0 amide bonds. The predicted octanol–water partition coefficient (Wildman–Crippen LogP) is 3.95. The Morgan fingerprint density at radius 3 is 2.09 bits per heavy atom. The molecule has 5 heteroatoms. The second-order valence-electron chi connectivity index (χ2n) is 9.02. The van der Waals surface area contributed by atoms with E-state index >= 15 is 0 Å². The Morgan fingerprint density at radius 1 is 1.14 bits per heavy atom. The van der Waals surface area contributed by atoms with Gasteiger partial charge < -0.3 is 18.6 Å². The van der Waals surface area contributed by atoms with Gasteiger partial charge in [0.15, 0.2) is 14.1 Å². The van der Waals surface area contributed by atoms with Gasteiger partial charge in [0.05, 0.1) is 12.7 Å². The Hall–Kier alpha value is 0.0569. The molecule has 0 N–H and O–H groups in total. The molecule has 0 bridgehead atoms. The van der Waals surface area contributed by atoms with Crippen LogP contribution in [0.3, 0.4) is 0 Å². The fourth-order valence-electron chi connectivity index (χ4n) is 2.70. The van der Waals surface area contributed by atoms with E-state index in [0.29, 0.717) is 5.92 Å². The first kappa shape index (κ1) is 18.4. The van der Waals surface area contributed by atoms with Crippen LogP contribution >= 0.6 is 0 Å². The van der Waals surface area contributed by atoms with Crippen molar-refractivity contribution >= 4 is 8.32 Å². The molecule has 0 unspecified atom stereocenters. The highest BCUT2D eigenvalue weighted by Crippen LogP contribution is 2.43. The van der Waals surface area contributed by atoms with Crippen molar-refractivity contribution in [2.75, 3.05) is 6.61 Å². The minimum absolute atomic E-state index is 0.0343. The van der Waals surface area contributed by atoms with Crippen LogP contribution in [0.2, 0.25) is 18.1 Å². The van der Waals surface area contributed by atoms with Gasteiger partial charge in [-0.05, 0) is 37.9 Å². The molecule has 2 aliphatic rings. The molecule has 4 nitrogen and oxygen atoms in total. The second-order valence-corrected chi connectivity index (χ2v) is 13.8. The second kappa shape index (κ2) is 5.85. The molecule has 22 heavy (non-hydrogen) atoms. The van der Waals surface area contributed by atoms with E-state index in [1.165, 1.54) is 0 Å². The SMILES string of the molecule is CC(C)[C@H]1OC(C)(C)O[C@@H]([C@H]2CO2)[C@@H]1O[Si](C)(C)C(C)(C)C. The van der Waals surface area contributed by atoms with Gasteiger partial charge in [-0.25, -0.2) is 0 Å². The Kier molecular flexibility index (Phi) is 4.89. The lowest BCUT2D eigenvalue weighted by Crippen LogP contribution is -2.62. The molecule has 0 aliphatic carbocycles. The molecule has 2 rings (SSSR count). The molecule has 0 saturated carbocycles. The highest BCUT2D eigenvalue weighted by atomic mass is 28.4. The Morgan fingerprint density at radius 2 is 1.68 bits per heavy atom. The minimum atomic E-state index is -1.90. The van der Waals surface area contributed by atoms with Crippen molar-refractivity contribution in [3.05, 3.63) is 0 Å². The molecule has 0 aromatic rings. The van der Waals surface area contributed by atoms with Crippen molar-refractivity contribution in [3.8, 4) is 0 Å². The summed E-state index contributed by atoms with van der Waals surface area (Å²) in [5.41, 5.74) is 0. The first-order chi connectivity index (χ1) is 9.84. The van der Waals surface area contributed by atoms with Crippen LogP contribution in [0.25, 0.3) is 0 Å². The summed E-state index contributed by atoms with van der Waals surface area (Å²) in [5.74, 6) is -0.210. The smallest absolute Gasteiger partial charge is 0.192 e. The monoisotopic (exact) mass is 330 g/mol. The van der Waals surface area contributed by atoms with Crippen molar-refractivity contribution in [2.24, 2.45) is 5.92 Å². The Balaban J connectivity index is 2.26. The normalized spacial score (nSPS) is 35.7.